The van der Waals surface area contributed by atoms with Crippen molar-refractivity contribution in [1.82, 2.24) is 10.9 Å². The number of hydrogen-bond acceptors (Lipinski definition) is 3. The summed E-state index contributed by atoms with van der Waals surface area (Å²) in [5, 5.41) is 0. The fraction of sp³-hybridized carbons (Fsp3) is 0. The van der Waals surface area contributed by atoms with E-state index in [-0.39, 0.29) is 11.9 Å². The van der Waals surface area contributed by atoms with Crippen molar-refractivity contribution in [3.63, 3.8) is 0 Å². The molecule has 0 spiro atoms. The summed E-state index contributed by atoms with van der Waals surface area (Å²) < 4.78 is 0.820. The molecule has 0 aliphatic carbocycles. The Bertz CT molecular complexity index is 850. The Morgan fingerprint density at radius 2 is 1.65 bits per heavy atom. The van der Waals surface area contributed by atoms with Gasteiger partial charge in [-0.2, -0.15) is 0 Å². The lowest BCUT2D eigenvalue weighted by atomic mass is 10.2. The highest BCUT2D eigenvalue weighted by atomic mass is 79.9. The number of anilines is 3. The number of hydrazine groups is 1. The van der Waals surface area contributed by atoms with Crippen molar-refractivity contribution in [2.24, 2.45) is 0 Å². The van der Waals surface area contributed by atoms with Gasteiger partial charge in [-0.05, 0) is 30.3 Å². The number of halogens is 1. The number of amides is 3. The van der Waals surface area contributed by atoms with E-state index >= 15 is 0 Å². The zero-order valence-corrected chi connectivity index (χ0v) is 13.4. The van der Waals surface area contributed by atoms with Crippen LogP contribution in [0, 0.1) is 0 Å². The lowest BCUT2D eigenvalue weighted by Crippen LogP contribution is -2.30. The van der Waals surface area contributed by atoms with Gasteiger partial charge in [0, 0.05) is 16.2 Å². The summed E-state index contributed by atoms with van der Waals surface area (Å²) in [7, 11) is 0. The summed E-state index contributed by atoms with van der Waals surface area (Å²) >= 11 is 3.43. The van der Waals surface area contributed by atoms with Gasteiger partial charge >= 0.3 is 6.03 Å². The molecule has 1 saturated heterocycles. The van der Waals surface area contributed by atoms with Gasteiger partial charge in [0.1, 0.15) is 5.82 Å². The van der Waals surface area contributed by atoms with Crippen LogP contribution in [0.5, 0.6) is 0 Å². The van der Waals surface area contributed by atoms with Gasteiger partial charge in [-0.15, -0.1) is 0 Å². The van der Waals surface area contributed by atoms with Crippen LogP contribution in [0.3, 0.4) is 0 Å². The second-order valence-corrected chi connectivity index (χ2v) is 5.98. The van der Waals surface area contributed by atoms with E-state index in [9.17, 15) is 9.59 Å². The smallest absolute Gasteiger partial charge is 0.281 e. The molecule has 114 valence electrons. The number of nitrogens with zero attached hydrogens (tertiary/aromatic N) is 2. The molecule has 2 aromatic rings. The minimum atomic E-state index is -0.331. The summed E-state index contributed by atoms with van der Waals surface area (Å²) in [5.74, 6) is 0.166. The predicted molar refractivity (Wildman–Crippen MR) is 90.0 cm³/mol. The summed E-state index contributed by atoms with van der Waals surface area (Å²) in [6.45, 7) is 0. The standard InChI is InChI=1S/C16H11BrN4O2/c17-10-6-7-12-13(8-10)20(11-4-2-1-3-5-11)15(22)9-14-18-19-16(23)21(12)14/h1-9,18H,(H,19,23). The number of carbonyl (C=O) groups is 2. The normalized spacial score (nSPS) is 16.1. The highest BCUT2D eigenvalue weighted by molar-refractivity contribution is 9.10. The lowest BCUT2D eigenvalue weighted by Gasteiger charge is -2.24. The maximum atomic E-state index is 12.8. The van der Waals surface area contributed by atoms with Crippen molar-refractivity contribution in [1.29, 1.82) is 0 Å². The summed E-state index contributed by atoms with van der Waals surface area (Å²) in [6.07, 6.45) is 1.40. The van der Waals surface area contributed by atoms with E-state index in [0.29, 0.717) is 17.2 Å². The van der Waals surface area contributed by atoms with Gasteiger partial charge in [0.2, 0.25) is 0 Å². The molecule has 7 heteroatoms. The van der Waals surface area contributed by atoms with Gasteiger partial charge in [-0.3, -0.25) is 15.1 Å². The zero-order valence-electron chi connectivity index (χ0n) is 11.8. The van der Waals surface area contributed by atoms with Crippen LogP contribution < -0.4 is 20.7 Å². The number of benzene rings is 2. The predicted octanol–water partition coefficient (Wildman–Crippen LogP) is 3.00. The van der Waals surface area contributed by atoms with Crippen LogP contribution in [0.4, 0.5) is 21.9 Å². The SMILES string of the molecule is O=C1NNC2=CC(=O)N(c3ccccc3)c3cc(Br)ccc3N12. The van der Waals surface area contributed by atoms with Crippen molar-refractivity contribution < 1.29 is 9.59 Å². The van der Waals surface area contributed by atoms with Crippen LogP contribution in [0.15, 0.2) is 64.9 Å². The third-order valence-corrected chi connectivity index (χ3v) is 4.15. The maximum absolute atomic E-state index is 12.8. The first kappa shape index (κ1) is 13.8. The molecule has 2 aliphatic rings. The van der Waals surface area contributed by atoms with E-state index in [1.165, 1.54) is 11.0 Å². The Hall–Kier alpha value is -2.80. The molecular formula is C16H11BrN4O2. The van der Waals surface area contributed by atoms with Crippen molar-refractivity contribution in [3.8, 4) is 0 Å². The topological polar surface area (TPSA) is 64.7 Å². The van der Waals surface area contributed by atoms with Crippen LogP contribution in [0.25, 0.3) is 0 Å². The van der Waals surface area contributed by atoms with Crippen molar-refractivity contribution in [2.75, 3.05) is 9.80 Å². The molecule has 0 bridgehead atoms. The molecule has 4 rings (SSSR count). The molecule has 3 amide bonds. The first-order valence-electron chi connectivity index (χ1n) is 6.91. The second kappa shape index (κ2) is 5.13. The van der Waals surface area contributed by atoms with E-state index in [1.807, 2.05) is 42.5 Å². The number of nitrogens with one attached hydrogen (secondary N) is 2. The third kappa shape index (κ3) is 2.17. The van der Waals surface area contributed by atoms with Crippen LogP contribution in [-0.2, 0) is 4.79 Å². The molecule has 0 unspecified atom stereocenters. The number of fused-ring (bicyclic) bond motifs is 3. The van der Waals surface area contributed by atoms with Gasteiger partial charge in [-0.25, -0.2) is 15.1 Å². The average Bonchev–Trinajstić information content (AvgIpc) is 2.84. The molecule has 0 radical (unpaired) electrons. The Kier molecular flexibility index (Phi) is 3.09. The molecule has 0 aromatic heterocycles. The summed E-state index contributed by atoms with van der Waals surface area (Å²) in [4.78, 5) is 27.9. The Morgan fingerprint density at radius 1 is 0.870 bits per heavy atom. The molecule has 2 heterocycles. The Labute approximate surface area is 140 Å². The fourth-order valence-electron chi connectivity index (χ4n) is 2.69. The van der Waals surface area contributed by atoms with E-state index in [4.69, 9.17) is 0 Å². The van der Waals surface area contributed by atoms with Crippen LogP contribution >= 0.6 is 15.9 Å². The van der Waals surface area contributed by atoms with Crippen molar-refractivity contribution >= 4 is 44.9 Å². The maximum Gasteiger partial charge on any atom is 0.346 e. The van der Waals surface area contributed by atoms with E-state index in [2.05, 4.69) is 26.8 Å². The fourth-order valence-corrected chi connectivity index (χ4v) is 3.04. The highest BCUT2D eigenvalue weighted by Crippen LogP contribution is 2.40. The van der Waals surface area contributed by atoms with E-state index in [1.54, 1.807) is 11.0 Å². The number of hydrogen-bond donors (Lipinski definition) is 2. The molecule has 2 N–H and O–H groups in total. The van der Waals surface area contributed by atoms with Crippen LogP contribution in [-0.4, -0.2) is 11.9 Å². The van der Waals surface area contributed by atoms with Gasteiger partial charge in [0.15, 0.2) is 0 Å². The first-order valence-corrected chi connectivity index (χ1v) is 7.71. The van der Waals surface area contributed by atoms with Gasteiger partial charge < -0.3 is 0 Å². The summed E-state index contributed by atoms with van der Waals surface area (Å²) in [5.41, 5.74) is 7.22. The van der Waals surface area contributed by atoms with Gasteiger partial charge in [0.25, 0.3) is 5.91 Å². The first-order chi connectivity index (χ1) is 11.1. The zero-order chi connectivity index (χ0) is 16.0. The van der Waals surface area contributed by atoms with E-state index < -0.39 is 0 Å². The van der Waals surface area contributed by atoms with Crippen molar-refractivity contribution in [3.05, 3.63) is 64.9 Å². The quantitative estimate of drug-likeness (QED) is 0.810. The van der Waals surface area contributed by atoms with Crippen molar-refractivity contribution in [2.45, 2.75) is 0 Å². The molecule has 0 atom stereocenters. The highest BCUT2D eigenvalue weighted by Gasteiger charge is 2.35. The van der Waals surface area contributed by atoms with Crippen LogP contribution in [0.2, 0.25) is 0 Å². The number of urea groups is 1. The molecule has 2 aliphatic heterocycles. The molecule has 1 fully saturated rings. The Balaban J connectivity index is 1.98. The second-order valence-electron chi connectivity index (χ2n) is 5.06. The monoisotopic (exact) mass is 370 g/mol. The average molecular weight is 371 g/mol. The number of carbonyl (C=O) groups excluding carboxylic acids is 2. The minimum absolute atomic E-state index is 0.239. The molecule has 23 heavy (non-hydrogen) atoms. The third-order valence-electron chi connectivity index (χ3n) is 3.66. The molecule has 2 aromatic carbocycles. The van der Waals surface area contributed by atoms with Gasteiger partial charge in [-0.1, -0.05) is 34.1 Å². The van der Waals surface area contributed by atoms with Crippen LogP contribution in [0.1, 0.15) is 0 Å². The van der Waals surface area contributed by atoms with Gasteiger partial charge in [0.05, 0.1) is 11.4 Å². The lowest BCUT2D eigenvalue weighted by molar-refractivity contribution is -0.113. The minimum Gasteiger partial charge on any atom is -0.281 e. The van der Waals surface area contributed by atoms with E-state index in [0.717, 1.165) is 10.2 Å². The summed E-state index contributed by atoms with van der Waals surface area (Å²) in [6, 6.07) is 14.4. The Morgan fingerprint density at radius 3 is 2.43 bits per heavy atom. The molecule has 6 nitrogen and oxygen atoms in total. The number of para-hydroxylation sites is 1. The largest absolute Gasteiger partial charge is 0.346 e. The number of rotatable bonds is 1. The molecular weight excluding hydrogens is 360 g/mol. The molecule has 0 saturated carbocycles.